The molecule has 1 fully saturated rings. The summed E-state index contributed by atoms with van der Waals surface area (Å²) in [6.45, 7) is 1.44. The van der Waals surface area contributed by atoms with E-state index >= 15 is 0 Å². The molecule has 0 bridgehead atoms. The average molecular weight is 436 g/mol. The molecule has 0 saturated carbocycles. The van der Waals surface area contributed by atoms with Crippen LogP contribution in [0.15, 0.2) is 59.5 Å². The third-order valence-corrected chi connectivity index (χ3v) is 5.75. The molecule has 0 spiro atoms. The molecule has 150 valence electrons. The Hall–Kier alpha value is -3.23. The van der Waals surface area contributed by atoms with Gasteiger partial charge in [0, 0.05) is 18.0 Å². The summed E-state index contributed by atoms with van der Waals surface area (Å²) in [4.78, 5) is 30.8. The van der Waals surface area contributed by atoms with Gasteiger partial charge in [-0.3, -0.25) is 14.5 Å². The second kappa shape index (κ2) is 8.25. The zero-order valence-corrected chi connectivity index (χ0v) is 17.8. The highest BCUT2D eigenvalue weighted by atomic mass is 32.2. The lowest BCUT2D eigenvalue weighted by Gasteiger charge is -2.15. The van der Waals surface area contributed by atoms with Gasteiger partial charge < -0.3 is 10.1 Å². The van der Waals surface area contributed by atoms with E-state index in [4.69, 9.17) is 17.0 Å². The molecular weight excluding hydrogens is 418 g/mol. The number of amides is 2. The summed E-state index contributed by atoms with van der Waals surface area (Å²) in [5.74, 6) is 0.310. The van der Waals surface area contributed by atoms with Crippen LogP contribution in [0.4, 0.5) is 11.4 Å². The summed E-state index contributed by atoms with van der Waals surface area (Å²) in [5, 5.41) is 3.66. The minimum Gasteiger partial charge on any atom is -0.494 e. The van der Waals surface area contributed by atoms with E-state index < -0.39 is 0 Å². The van der Waals surface area contributed by atoms with E-state index in [0.29, 0.717) is 32.0 Å². The number of methoxy groups -OCH3 is 1. The first-order valence-corrected chi connectivity index (χ1v) is 10.3. The highest BCUT2D eigenvalue weighted by Crippen LogP contribution is 2.36. The Labute approximate surface area is 182 Å². The van der Waals surface area contributed by atoms with Crippen LogP contribution < -0.4 is 15.0 Å². The standard InChI is InChI=1S/C22H17N3O3S2/c1-13(26)23-15-8-10-17(11-9-15)25-21(27)19(30-22(25)29)12-16-7-6-14-4-3-5-18(28-2)20(14)24-16/h3-12H,1-2H3,(H,23,26). The van der Waals surface area contributed by atoms with Crippen LogP contribution in [0.25, 0.3) is 17.0 Å². The van der Waals surface area contributed by atoms with Gasteiger partial charge in [-0.2, -0.15) is 0 Å². The monoisotopic (exact) mass is 435 g/mol. The van der Waals surface area contributed by atoms with E-state index in [1.165, 1.54) is 23.6 Å². The molecule has 0 aliphatic carbocycles. The number of hydrogen-bond acceptors (Lipinski definition) is 6. The number of carbonyl (C=O) groups excluding carboxylic acids is 2. The van der Waals surface area contributed by atoms with Gasteiger partial charge in [0.05, 0.1) is 23.4 Å². The van der Waals surface area contributed by atoms with Crippen LogP contribution in [0, 0.1) is 0 Å². The normalized spacial score (nSPS) is 15.1. The molecule has 30 heavy (non-hydrogen) atoms. The Morgan fingerprint density at radius 3 is 2.63 bits per heavy atom. The molecule has 1 N–H and O–H groups in total. The predicted molar refractivity (Wildman–Crippen MR) is 125 cm³/mol. The van der Waals surface area contributed by atoms with Crippen molar-refractivity contribution >= 4 is 68.5 Å². The van der Waals surface area contributed by atoms with Crippen LogP contribution >= 0.6 is 24.0 Å². The Kier molecular flexibility index (Phi) is 5.52. The number of benzene rings is 2. The largest absolute Gasteiger partial charge is 0.494 e. The van der Waals surface area contributed by atoms with Crippen LogP contribution in [0.1, 0.15) is 12.6 Å². The number of fused-ring (bicyclic) bond motifs is 1. The lowest BCUT2D eigenvalue weighted by atomic mass is 10.2. The summed E-state index contributed by atoms with van der Waals surface area (Å²) in [7, 11) is 1.60. The lowest BCUT2D eigenvalue weighted by molar-refractivity contribution is -0.114. The first-order valence-electron chi connectivity index (χ1n) is 9.05. The molecule has 4 rings (SSSR count). The number of thioether (sulfide) groups is 1. The third kappa shape index (κ3) is 3.92. The fourth-order valence-corrected chi connectivity index (χ4v) is 4.39. The molecule has 2 aromatic carbocycles. The van der Waals surface area contributed by atoms with Gasteiger partial charge in [-0.25, -0.2) is 4.98 Å². The van der Waals surface area contributed by atoms with E-state index in [2.05, 4.69) is 10.3 Å². The van der Waals surface area contributed by atoms with E-state index in [-0.39, 0.29) is 11.8 Å². The van der Waals surface area contributed by atoms with Crippen LogP contribution in [0.5, 0.6) is 5.75 Å². The molecule has 0 radical (unpaired) electrons. The van der Waals surface area contributed by atoms with Crippen molar-refractivity contribution in [1.82, 2.24) is 4.98 Å². The number of rotatable bonds is 4. The third-order valence-electron chi connectivity index (χ3n) is 4.44. The van der Waals surface area contributed by atoms with Crippen molar-refractivity contribution in [2.75, 3.05) is 17.3 Å². The number of para-hydroxylation sites is 1. The highest BCUT2D eigenvalue weighted by molar-refractivity contribution is 8.27. The summed E-state index contributed by atoms with van der Waals surface area (Å²) in [5.41, 5.74) is 2.68. The van der Waals surface area contributed by atoms with Crippen LogP contribution in [0.3, 0.4) is 0 Å². The zero-order valence-electron chi connectivity index (χ0n) is 16.2. The number of anilines is 2. The highest BCUT2D eigenvalue weighted by Gasteiger charge is 2.33. The van der Waals surface area contributed by atoms with Crippen molar-refractivity contribution in [3.63, 3.8) is 0 Å². The summed E-state index contributed by atoms with van der Waals surface area (Å²) in [6, 6.07) is 16.5. The molecule has 1 aromatic heterocycles. The van der Waals surface area contributed by atoms with E-state index in [1.807, 2.05) is 30.3 Å². The van der Waals surface area contributed by atoms with Gasteiger partial charge in [-0.15, -0.1) is 0 Å². The smallest absolute Gasteiger partial charge is 0.270 e. The van der Waals surface area contributed by atoms with Crippen molar-refractivity contribution in [2.45, 2.75) is 6.92 Å². The second-order valence-corrected chi connectivity index (χ2v) is 8.19. The molecule has 8 heteroatoms. The number of nitrogens with one attached hydrogen (secondary N) is 1. The number of hydrogen-bond donors (Lipinski definition) is 1. The molecule has 1 aliphatic rings. The van der Waals surface area contributed by atoms with Crippen molar-refractivity contribution in [1.29, 1.82) is 0 Å². The SMILES string of the molecule is COc1cccc2ccc(C=C3SC(=S)N(c4ccc(NC(C)=O)cc4)C3=O)nc12. The van der Waals surface area contributed by atoms with Crippen molar-refractivity contribution in [2.24, 2.45) is 0 Å². The van der Waals surface area contributed by atoms with E-state index in [1.54, 1.807) is 37.5 Å². The minimum atomic E-state index is -0.209. The molecule has 6 nitrogen and oxygen atoms in total. The van der Waals surface area contributed by atoms with Gasteiger partial charge in [-0.05, 0) is 42.5 Å². The van der Waals surface area contributed by atoms with Crippen molar-refractivity contribution in [3.8, 4) is 5.75 Å². The number of nitrogens with zero attached hydrogens (tertiary/aromatic N) is 2. The van der Waals surface area contributed by atoms with Gasteiger partial charge >= 0.3 is 0 Å². The van der Waals surface area contributed by atoms with Gasteiger partial charge in [-0.1, -0.05) is 42.2 Å². The van der Waals surface area contributed by atoms with Crippen molar-refractivity contribution in [3.05, 3.63) is 65.2 Å². The minimum absolute atomic E-state index is 0.157. The van der Waals surface area contributed by atoms with Gasteiger partial charge in [0.2, 0.25) is 5.91 Å². The van der Waals surface area contributed by atoms with E-state index in [9.17, 15) is 9.59 Å². The Morgan fingerprint density at radius 2 is 1.93 bits per heavy atom. The second-order valence-electron chi connectivity index (χ2n) is 6.51. The molecular formula is C22H17N3O3S2. The van der Waals surface area contributed by atoms with Gasteiger partial charge in [0.15, 0.2) is 4.32 Å². The predicted octanol–water partition coefficient (Wildman–Crippen LogP) is 4.61. The number of ether oxygens (including phenoxy) is 1. The first-order chi connectivity index (χ1) is 14.5. The van der Waals surface area contributed by atoms with Gasteiger partial charge in [0.25, 0.3) is 5.91 Å². The fourth-order valence-electron chi connectivity index (χ4n) is 3.10. The number of thiocarbonyl (C=S) groups is 1. The Morgan fingerprint density at radius 1 is 1.17 bits per heavy atom. The average Bonchev–Trinajstić information content (AvgIpc) is 3.00. The maximum atomic E-state index is 13.0. The summed E-state index contributed by atoms with van der Waals surface area (Å²) in [6.07, 6.45) is 1.73. The number of aromatic nitrogens is 1. The summed E-state index contributed by atoms with van der Waals surface area (Å²) < 4.78 is 5.83. The number of pyridine rings is 1. The molecule has 2 amide bonds. The van der Waals surface area contributed by atoms with Crippen LogP contribution in [0.2, 0.25) is 0 Å². The molecule has 0 atom stereocenters. The molecule has 2 heterocycles. The zero-order chi connectivity index (χ0) is 21.3. The maximum Gasteiger partial charge on any atom is 0.270 e. The molecule has 0 unspecified atom stereocenters. The van der Waals surface area contributed by atoms with Crippen LogP contribution in [-0.4, -0.2) is 28.2 Å². The molecule has 3 aromatic rings. The fraction of sp³-hybridized carbons (Fsp3) is 0.0909. The van der Waals surface area contributed by atoms with Crippen molar-refractivity contribution < 1.29 is 14.3 Å². The topological polar surface area (TPSA) is 71.5 Å². The van der Waals surface area contributed by atoms with Gasteiger partial charge in [0.1, 0.15) is 11.3 Å². The van der Waals surface area contributed by atoms with Crippen LogP contribution in [-0.2, 0) is 9.59 Å². The Bertz CT molecular complexity index is 1210. The number of carbonyl (C=O) groups is 2. The molecule has 1 saturated heterocycles. The molecule has 1 aliphatic heterocycles. The quantitative estimate of drug-likeness (QED) is 0.477. The Balaban J connectivity index is 1.63. The summed E-state index contributed by atoms with van der Waals surface area (Å²) >= 11 is 6.66. The maximum absolute atomic E-state index is 13.0. The lowest BCUT2D eigenvalue weighted by Crippen LogP contribution is -2.27. The first kappa shape index (κ1) is 20.1. The van der Waals surface area contributed by atoms with E-state index in [0.717, 1.165) is 10.9 Å².